The number of fused-ring (bicyclic) bond motifs is 1. The molecule has 0 N–H and O–H groups in total. The van der Waals surface area contributed by atoms with E-state index in [0.29, 0.717) is 19.0 Å². The summed E-state index contributed by atoms with van der Waals surface area (Å²) in [4.78, 5) is 39.8. The molecule has 116 valence electrons. The molecule has 5 nitrogen and oxygen atoms in total. The zero-order chi connectivity index (χ0) is 15.9. The first-order valence-electron chi connectivity index (χ1n) is 7.41. The van der Waals surface area contributed by atoms with E-state index in [1.165, 1.54) is 0 Å². The highest BCUT2D eigenvalue weighted by Gasteiger charge is 2.39. The molecule has 0 aliphatic carbocycles. The van der Waals surface area contributed by atoms with E-state index in [9.17, 15) is 14.4 Å². The van der Waals surface area contributed by atoms with Crippen molar-refractivity contribution in [2.45, 2.75) is 19.8 Å². The van der Waals surface area contributed by atoms with E-state index in [2.05, 4.69) is 6.92 Å². The molecule has 1 unspecified atom stereocenters. The number of hydrogen-bond donors (Lipinski definition) is 0. The molecule has 2 aliphatic rings. The zero-order valence-electron chi connectivity index (χ0n) is 12.3. The van der Waals surface area contributed by atoms with E-state index in [1.807, 2.05) is 0 Å². The van der Waals surface area contributed by atoms with Gasteiger partial charge in [-0.05, 0) is 30.9 Å². The minimum absolute atomic E-state index is 0.183. The number of carbonyl (C=O) groups excluding carboxylic acids is 3. The molecule has 2 aliphatic heterocycles. The van der Waals surface area contributed by atoms with Gasteiger partial charge in [0.1, 0.15) is 6.54 Å². The molecule has 6 heteroatoms. The van der Waals surface area contributed by atoms with Gasteiger partial charge in [0.05, 0.1) is 16.1 Å². The molecular formula is C16H17ClN2O3. The van der Waals surface area contributed by atoms with E-state index in [0.717, 1.165) is 17.7 Å². The summed E-state index contributed by atoms with van der Waals surface area (Å²) < 4.78 is 0. The van der Waals surface area contributed by atoms with Crippen LogP contribution in [0.5, 0.6) is 0 Å². The highest BCUT2D eigenvalue weighted by atomic mass is 35.5. The zero-order valence-corrected chi connectivity index (χ0v) is 13.1. The summed E-state index contributed by atoms with van der Waals surface area (Å²) in [5, 5.41) is 0.248. The van der Waals surface area contributed by atoms with Gasteiger partial charge >= 0.3 is 0 Å². The molecule has 0 saturated carbocycles. The third-order valence-electron chi connectivity index (χ3n) is 4.25. The second kappa shape index (κ2) is 5.72. The quantitative estimate of drug-likeness (QED) is 0.785. The van der Waals surface area contributed by atoms with Crippen molar-refractivity contribution in [1.82, 2.24) is 9.80 Å². The minimum Gasteiger partial charge on any atom is -0.341 e. The van der Waals surface area contributed by atoms with Crippen molar-refractivity contribution in [3.05, 3.63) is 34.3 Å². The molecule has 1 saturated heterocycles. The maximum Gasteiger partial charge on any atom is 0.263 e. The van der Waals surface area contributed by atoms with Crippen molar-refractivity contribution in [2.24, 2.45) is 5.92 Å². The fraction of sp³-hybridized carbons (Fsp3) is 0.438. The Morgan fingerprint density at radius 1 is 1.32 bits per heavy atom. The van der Waals surface area contributed by atoms with E-state index in [-0.39, 0.29) is 28.6 Å². The average molecular weight is 321 g/mol. The Labute approximate surface area is 133 Å². The van der Waals surface area contributed by atoms with Crippen molar-refractivity contribution in [2.75, 3.05) is 19.6 Å². The van der Waals surface area contributed by atoms with Gasteiger partial charge < -0.3 is 4.90 Å². The normalized spacial score (nSPS) is 21.3. The molecular weight excluding hydrogens is 304 g/mol. The van der Waals surface area contributed by atoms with Gasteiger partial charge in [0, 0.05) is 13.1 Å². The molecule has 0 spiro atoms. The maximum atomic E-state index is 12.4. The van der Waals surface area contributed by atoms with Crippen molar-refractivity contribution in [3.8, 4) is 0 Å². The molecule has 1 fully saturated rings. The average Bonchev–Trinajstić information content (AvgIpc) is 2.73. The summed E-state index contributed by atoms with van der Waals surface area (Å²) in [6, 6.07) is 4.77. The lowest BCUT2D eigenvalue weighted by Crippen LogP contribution is -2.46. The first-order chi connectivity index (χ1) is 10.5. The molecule has 3 amide bonds. The van der Waals surface area contributed by atoms with Gasteiger partial charge in [-0.25, -0.2) is 0 Å². The molecule has 3 rings (SSSR count). The van der Waals surface area contributed by atoms with Gasteiger partial charge in [-0.2, -0.15) is 0 Å². The second-order valence-electron chi connectivity index (χ2n) is 5.95. The molecule has 0 aromatic heterocycles. The fourth-order valence-corrected chi connectivity index (χ4v) is 3.34. The highest BCUT2D eigenvalue weighted by molar-refractivity contribution is 6.37. The molecule has 0 radical (unpaired) electrons. The van der Waals surface area contributed by atoms with Crippen LogP contribution in [0.4, 0.5) is 0 Å². The SMILES string of the molecule is CC1CCCN(C(=O)CN2C(=O)c3cccc(Cl)c3C2=O)C1. The van der Waals surface area contributed by atoms with Crippen LogP contribution in [0.3, 0.4) is 0 Å². The minimum atomic E-state index is -0.482. The maximum absolute atomic E-state index is 12.4. The van der Waals surface area contributed by atoms with Gasteiger partial charge in [-0.3, -0.25) is 19.3 Å². The lowest BCUT2D eigenvalue weighted by Gasteiger charge is -2.31. The Morgan fingerprint density at radius 3 is 2.77 bits per heavy atom. The predicted octanol–water partition coefficient (Wildman–Crippen LogP) is 2.19. The Bertz CT molecular complexity index is 659. The molecule has 1 atom stereocenters. The summed E-state index contributed by atoms with van der Waals surface area (Å²) >= 11 is 6.00. The lowest BCUT2D eigenvalue weighted by molar-refractivity contribution is -0.133. The number of benzene rings is 1. The molecule has 0 bridgehead atoms. The Kier molecular flexibility index (Phi) is 3.91. The summed E-state index contributed by atoms with van der Waals surface area (Å²) in [6.07, 6.45) is 2.06. The predicted molar refractivity (Wildman–Crippen MR) is 81.8 cm³/mol. The van der Waals surface area contributed by atoms with Crippen LogP contribution in [0, 0.1) is 5.92 Å². The van der Waals surface area contributed by atoms with E-state index >= 15 is 0 Å². The summed E-state index contributed by atoms with van der Waals surface area (Å²) in [5.74, 6) is -0.656. The van der Waals surface area contributed by atoms with Crippen LogP contribution in [-0.4, -0.2) is 47.2 Å². The monoisotopic (exact) mass is 320 g/mol. The summed E-state index contributed by atoms with van der Waals surface area (Å²) in [7, 11) is 0. The second-order valence-corrected chi connectivity index (χ2v) is 6.35. The highest BCUT2D eigenvalue weighted by Crippen LogP contribution is 2.29. The van der Waals surface area contributed by atoms with Crippen LogP contribution >= 0.6 is 11.6 Å². The topological polar surface area (TPSA) is 57.7 Å². The molecule has 2 heterocycles. The van der Waals surface area contributed by atoms with Crippen molar-refractivity contribution in [1.29, 1.82) is 0 Å². The largest absolute Gasteiger partial charge is 0.341 e. The number of likely N-dealkylation sites (tertiary alicyclic amines) is 1. The third kappa shape index (κ3) is 2.50. The van der Waals surface area contributed by atoms with E-state index < -0.39 is 11.8 Å². The first kappa shape index (κ1) is 15.0. The van der Waals surface area contributed by atoms with Gasteiger partial charge in [-0.15, -0.1) is 0 Å². The van der Waals surface area contributed by atoms with Crippen LogP contribution < -0.4 is 0 Å². The molecule has 1 aromatic carbocycles. The fourth-order valence-electron chi connectivity index (χ4n) is 3.09. The number of carbonyl (C=O) groups is 3. The van der Waals surface area contributed by atoms with Crippen molar-refractivity contribution >= 4 is 29.3 Å². The van der Waals surface area contributed by atoms with E-state index in [1.54, 1.807) is 23.1 Å². The smallest absolute Gasteiger partial charge is 0.263 e. The lowest BCUT2D eigenvalue weighted by atomic mass is 10.0. The van der Waals surface area contributed by atoms with Gasteiger partial charge in [0.2, 0.25) is 5.91 Å². The van der Waals surface area contributed by atoms with Crippen molar-refractivity contribution < 1.29 is 14.4 Å². The number of imide groups is 1. The third-order valence-corrected chi connectivity index (χ3v) is 4.57. The number of piperidine rings is 1. The van der Waals surface area contributed by atoms with Gasteiger partial charge in [-0.1, -0.05) is 24.6 Å². The van der Waals surface area contributed by atoms with Crippen molar-refractivity contribution in [3.63, 3.8) is 0 Å². The number of amides is 3. The molecule has 22 heavy (non-hydrogen) atoms. The van der Waals surface area contributed by atoms with E-state index in [4.69, 9.17) is 11.6 Å². The van der Waals surface area contributed by atoms with Crippen LogP contribution in [0.15, 0.2) is 18.2 Å². The first-order valence-corrected chi connectivity index (χ1v) is 7.79. The summed E-state index contributed by atoms with van der Waals surface area (Å²) in [5.41, 5.74) is 0.478. The Morgan fingerprint density at radius 2 is 2.09 bits per heavy atom. The van der Waals surface area contributed by atoms with Crippen LogP contribution in [0.2, 0.25) is 5.02 Å². The molecule has 1 aromatic rings. The Balaban J connectivity index is 1.77. The number of halogens is 1. The standard InChI is InChI=1S/C16H17ClN2O3/c1-10-4-3-7-18(8-10)13(20)9-19-15(21)11-5-2-6-12(17)14(11)16(19)22/h2,5-6,10H,3-4,7-9H2,1H3. The summed E-state index contributed by atoms with van der Waals surface area (Å²) in [6.45, 7) is 3.26. The Hall–Kier alpha value is -1.88. The van der Waals surface area contributed by atoms with Crippen LogP contribution in [0.1, 0.15) is 40.5 Å². The number of hydrogen-bond acceptors (Lipinski definition) is 3. The van der Waals surface area contributed by atoms with Gasteiger partial charge in [0.25, 0.3) is 11.8 Å². The number of rotatable bonds is 2. The number of nitrogens with zero attached hydrogens (tertiary/aromatic N) is 2. The van der Waals surface area contributed by atoms with Crippen LogP contribution in [0.25, 0.3) is 0 Å². The van der Waals surface area contributed by atoms with Crippen LogP contribution in [-0.2, 0) is 4.79 Å². The van der Waals surface area contributed by atoms with Gasteiger partial charge in [0.15, 0.2) is 0 Å².